The average molecular weight is 327 g/mol. The van der Waals surface area contributed by atoms with E-state index in [1.54, 1.807) is 7.11 Å². The summed E-state index contributed by atoms with van der Waals surface area (Å²) < 4.78 is 16.8. The average Bonchev–Trinajstić information content (AvgIpc) is 2.61. The zero-order chi connectivity index (χ0) is 16.9. The second kappa shape index (κ2) is 7.25. The minimum Gasteiger partial charge on any atom is -0.497 e. The Morgan fingerprint density at radius 3 is 2.83 bits per heavy atom. The van der Waals surface area contributed by atoms with Gasteiger partial charge in [0, 0.05) is 0 Å². The summed E-state index contributed by atoms with van der Waals surface area (Å²) in [4.78, 5) is 12.3. The number of nitrogens with one attached hydrogen (secondary N) is 1. The van der Waals surface area contributed by atoms with E-state index in [0.29, 0.717) is 18.8 Å². The lowest BCUT2D eigenvalue weighted by Gasteiger charge is -2.30. The van der Waals surface area contributed by atoms with Crippen molar-refractivity contribution < 1.29 is 19.0 Å². The van der Waals surface area contributed by atoms with Crippen molar-refractivity contribution in [3.8, 4) is 17.2 Å². The fourth-order valence-corrected chi connectivity index (χ4v) is 2.65. The van der Waals surface area contributed by atoms with E-state index in [-0.39, 0.29) is 18.1 Å². The Kier molecular flexibility index (Phi) is 4.89. The van der Waals surface area contributed by atoms with Gasteiger partial charge in [0.1, 0.15) is 12.4 Å². The molecule has 3 rings (SSSR count). The lowest BCUT2D eigenvalue weighted by molar-refractivity contribution is -0.121. The Morgan fingerprint density at radius 2 is 2.04 bits per heavy atom. The fourth-order valence-electron chi connectivity index (χ4n) is 2.65. The summed E-state index contributed by atoms with van der Waals surface area (Å²) in [6, 6.07) is 14.9. The molecule has 0 aliphatic carbocycles. The molecule has 2 unspecified atom stereocenters. The van der Waals surface area contributed by atoms with Gasteiger partial charge in [-0.1, -0.05) is 24.3 Å². The van der Waals surface area contributed by atoms with Crippen molar-refractivity contribution in [2.45, 2.75) is 25.5 Å². The molecule has 1 N–H and O–H groups in total. The van der Waals surface area contributed by atoms with Crippen LogP contribution in [0.25, 0.3) is 0 Å². The number of fused-ring (bicyclic) bond motifs is 1. The van der Waals surface area contributed by atoms with Crippen LogP contribution in [-0.4, -0.2) is 31.8 Å². The number of amides is 1. The van der Waals surface area contributed by atoms with Gasteiger partial charge in [-0.2, -0.15) is 0 Å². The number of benzene rings is 2. The first-order valence-corrected chi connectivity index (χ1v) is 7.96. The molecule has 126 valence electrons. The zero-order valence-corrected chi connectivity index (χ0v) is 13.8. The van der Waals surface area contributed by atoms with Gasteiger partial charge < -0.3 is 19.5 Å². The third kappa shape index (κ3) is 3.79. The van der Waals surface area contributed by atoms with Gasteiger partial charge in [0.2, 0.25) is 5.91 Å². The van der Waals surface area contributed by atoms with Crippen LogP contribution in [0, 0.1) is 0 Å². The highest BCUT2D eigenvalue weighted by Gasteiger charge is 2.27. The molecule has 0 fully saturated rings. The topological polar surface area (TPSA) is 56.8 Å². The Bertz CT molecular complexity index is 716. The third-order valence-corrected chi connectivity index (χ3v) is 3.98. The lowest BCUT2D eigenvalue weighted by atomic mass is 10.1. The fraction of sp³-hybridized carbons (Fsp3) is 0.316. The summed E-state index contributed by atoms with van der Waals surface area (Å²) in [5, 5.41) is 2.98. The molecule has 0 saturated carbocycles. The highest BCUT2D eigenvalue weighted by Crippen LogP contribution is 2.31. The van der Waals surface area contributed by atoms with E-state index in [2.05, 4.69) is 5.32 Å². The molecule has 1 aliphatic rings. The van der Waals surface area contributed by atoms with Crippen molar-refractivity contribution >= 4 is 5.91 Å². The van der Waals surface area contributed by atoms with Crippen molar-refractivity contribution in [1.82, 2.24) is 5.32 Å². The van der Waals surface area contributed by atoms with E-state index < -0.39 is 0 Å². The van der Waals surface area contributed by atoms with Crippen LogP contribution in [-0.2, 0) is 11.2 Å². The first-order chi connectivity index (χ1) is 11.7. The van der Waals surface area contributed by atoms with Crippen LogP contribution >= 0.6 is 0 Å². The molecule has 24 heavy (non-hydrogen) atoms. The molecule has 1 heterocycles. The quantitative estimate of drug-likeness (QED) is 0.917. The van der Waals surface area contributed by atoms with Crippen molar-refractivity contribution in [1.29, 1.82) is 0 Å². The number of carbonyl (C=O) groups is 1. The molecule has 1 amide bonds. The van der Waals surface area contributed by atoms with E-state index in [0.717, 1.165) is 17.1 Å². The Balaban J connectivity index is 1.56. The highest BCUT2D eigenvalue weighted by molar-refractivity contribution is 5.79. The Labute approximate surface area is 141 Å². The first kappa shape index (κ1) is 16.2. The normalized spacial score (nSPS) is 17.0. The Hall–Kier alpha value is -2.69. The van der Waals surface area contributed by atoms with Crippen molar-refractivity contribution in [3.63, 3.8) is 0 Å². The second-order valence-corrected chi connectivity index (χ2v) is 5.80. The summed E-state index contributed by atoms with van der Waals surface area (Å²) in [5.74, 6) is 2.14. The van der Waals surface area contributed by atoms with Gasteiger partial charge in [-0.05, 0) is 36.8 Å². The standard InChI is InChI=1S/C19H21NO4/c1-13(18-12-23-16-8-3-4-9-17(16)24-18)20-19(21)11-14-6-5-7-15(10-14)22-2/h3-10,13,18H,11-12H2,1-2H3,(H,20,21). The largest absolute Gasteiger partial charge is 0.497 e. The van der Waals surface area contributed by atoms with E-state index in [1.807, 2.05) is 55.5 Å². The summed E-state index contributed by atoms with van der Waals surface area (Å²) in [6.07, 6.45) is 0.0836. The van der Waals surface area contributed by atoms with E-state index in [4.69, 9.17) is 14.2 Å². The predicted molar refractivity (Wildman–Crippen MR) is 90.7 cm³/mol. The molecule has 0 bridgehead atoms. The molecular formula is C19H21NO4. The van der Waals surface area contributed by atoms with Crippen LogP contribution in [0.4, 0.5) is 0 Å². The van der Waals surface area contributed by atoms with Crippen molar-refractivity contribution in [2.75, 3.05) is 13.7 Å². The molecule has 0 saturated heterocycles. The SMILES string of the molecule is COc1cccc(CC(=O)NC(C)C2COc3ccccc3O2)c1. The zero-order valence-electron chi connectivity index (χ0n) is 13.8. The van der Waals surface area contributed by atoms with Gasteiger partial charge in [-0.15, -0.1) is 0 Å². The highest BCUT2D eigenvalue weighted by atomic mass is 16.6. The van der Waals surface area contributed by atoms with Gasteiger partial charge in [0.15, 0.2) is 17.6 Å². The smallest absolute Gasteiger partial charge is 0.224 e. The summed E-state index contributed by atoms with van der Waals surface area (Å²) >= 11 is 0. The summed E-state index contributed by atoms with van der Waals surface area (Å²) in [7, 11) is 1.61. The summed E-state index contributed by atoms with van der Waals surface area (Å²) in [5.41, 5.74) is 0.908. The number of carbonyl (C=O) groups excluding carboxylic acids is 1. The molecule has 0 spiro atoms. The summed E-state index contributed by atoms with van der Waals surface area (Å²) in [6.45, 7) is 2.34. The number of hydrogen-bond acceptors (Lipinski definition) is 4. The Morgan fingerprint density at radius 1 is 1.25 bits per heavy atom. The molecule has 5 nitrogen and oxygen atoms in total. The maximum Gasteiger partial charge on any atom is 0.224 e. The number of rotatable bonds is 5. The molecule has 2 aromatic carbocycles. The van der Waals surface area contributed by atoms with Gasteiger partial charge in [0.25, 0.3) is 0 Å². The predicted octanol–water partition coefficient (Wildman–Crippen LogP) is 2.58. The van der Waals surface area contributed by atoms with Crippen LogP contribution < -0.4 is 19.5 Å². The maximum atomic E-state index is 12.3. The van der Waals surface area contributed by atoms with Crippen LogP contribution in [0.5, 0.6) is 17.2 Å². The van der Waals surface area contributed by atoms with Crippen molar-refractivity contribution in [3.05, 3.63) is 54.1 Å². The van der Waals surface area contributed by atoms with E-state index in [1.165, 1.54) is 0 Å². The number of methoxy groups -OCH3 is 1. The maximum absolute atomic E-state index is 12.3. The molecule has 5 heteroatoms. The van der Waals surface area contributed by atoms with Crippen LogP contribution in [0.3, 0.4) is 0 Å². The van der Waals surface area contributed by atoms with Gasteiger partial charge in [-0.3, -0.25) is 4.79 Å². The van der Waals surface area contributed by atoms with Crippen molar-refractivity contribution in [2.24, 2.45) is 0 Å². The van der Waals surface area contributed by atoms with Crippen LogP contribution in [0.15, 0.2) is 48.5 Å². The van der Waals surface area contributed by atoms with Crippen LogP contribution in [0.2, 0.25) is 0 Å². The lowest BCUT2D eigenvalue weighted by Crippen LogP contribution is -2.48. The number of hydrogen-bond donors (Lipinski definition) is 1. The minimum absolute atomic E-state index is 0.0572. The van der Waals surface area contributed by atoms with E-state index in [9.17, 15) is 4.79 Å². The molecule has 0 aromatic heterocycles. The van der Waals surface area contributed by atoms with Crippen LogP contribution in [0.1, 0.15) is 12.5 Å². The molecule has 0 radical (unpaired) electrons. The van der Waals surface area contributed by atoms with Gasteiger partial charge in [-0.25, -0.2) is 0 Å². The van der Waals surface area contributed by atoms with Gasteiger partial charge >= 0.3 is 0 Å². The number of ether oxygens (including phenoxy) is 3. The monoisotopic (exact) mass is 327 g/mol. The third-order valence-electron chi connectivity index (χ3n) is 3.98. The van der Waals surface area contributed by atoms with Gasteiger partial charge in [0.05, 0.1) is 19.6 Å². The minimum atomic E-state index is -0.214. The van der Waals surface area contributed by atoms with E-state index >= 15 is 0 Å². The first-order valence-electron chi connectivity index (χ1n) is 7.96. The second-order valence-electron chi connectivity index (χ2n) is 5.80. The molecule has 2 atom stereocenters. The molecule has 1 aliphatic heterocycles. The molecular weight excluding hydrogens is 306 g/mol. The number of para-hydroxylation sites is 2. The molecule has 2 aromatic rings.